The molecule has 0 bridgehead atoms. The van der Waals surface area contributed by atoms with Crippen LogP contribution >= 0.6 is 0 Å². The number of para-hydroxylation sites is 1. The van der Waals surface area contributed by atoms with Gasteiger partial charge < -0.3 is 10.3 Å². The lowest BCUT2D eigenvalue weighted by atomic mass is 9.91. The molecule has 0 atom stereocenters. The third kappa shape index (κ3) is 3.08. The monoisotopic (exact) mass is 296 g/mol. The SMILES string of the molecule is CCC(NCCc1c[nH]c2ccccc12)=C1CCCCC1=O. The summed E-state index contributed by atoms with van der Waals surface area (Å²) in [7, 11) is 0. The van der Waals surface area contributed by atoms with Gasteiger partial charge in [-0.1, -0.05) is 25.1 Å². The summed E-state index contributed by atoms with van der Waals surface area (Å²) in [6.45, 7) is 3.00. The molecule has 2 N–H and O–H groups in total. The van der Waals surface area contributed by atoms with Crippen molar-refractivity contribution in [1.82, 2.24) is 10.3 Å². The summed E-state index contributed by atoms with van der Waals surface area (Å²) in [5.74, 6) is 0.350. The topological polar surface area (TPSA) is 44.9 Å². The Morgan fingerprint density at radius 2 is 2.05 bits per heavy atom. The fourth-order valence-electron chi connectivity index (χ4n) is 3.33. The van der Waals surface area contributed by atoms with Gasteiger partial charge in [0.15, 0.2) is 5.78 Å². The number of nitrogens with one attached hydrogen (secondary N) is 2. The smallest absolute Gasteiger partial charge is 0.160 e. The zero-order chi connectivity index (χ0) is 15.4. The van der Waals surface area contributed by atoms with Gasteiger partial charge in [-0.05, 0) is 43.7 Å². The number of hydrogen-bond donors (Lipinski definition) is 2. The number of carbonyl (C=O) groups excluding carboxylic acids is 1. The van der Waals surface area contributed by atoms with E-state index >= 15 is 0 Å². The van der Waals surface area contributed by atoms with Crippen molar-refractivity contribution in [3.8, 4) is 0 Å². The van der Waals surface area contributed by atoms with Crippen LogP contribution in [-0.2, 0) is 11.2 Å². The molecule has 3 nitrogen and oxygen atoms in total. The second-order valence-electron chi connectivity index (χ2n) is 5.98. The largest absolute Gasteiger partial charge is 0.388 e. The van der Waals surface area contributed by atoms with Crippen molar-refractivity contribution in [2.75, 3.05) is 6.54 Å². The minimum absolute atomic E-state index is 0.350. The molecule has 1 fully saturated rings. The molecule has 22 heavy (non-hydrogen) atoms. The average molecular weight is 296 g/mol. The Morgan fingerprint density at radius 1 is 1.23 bits per heavy atom. The maximum Gasteiger partial charge on any atom is 0.160 e. The molecule has 1 aromatic carbocycles. The molecular weight excluding hydrogens is 272 g/mol. The predicted molar refractivity (Wildman–Crippen MR) is 90.8 cm³/mol. The van der Waals surface area contributed by atoms with Crippen LogP contribution in [0.4, 0.5) is 0 Å². The van der Waals surface area contributed by atoms with Crippen LogP contribution in [-0.4, -0.2) is 17.3 Å². The van der Waals surface area contributed by atoms with Gasteiger partial charge in [-0.15, -0.1) is 0 Å². The summed E-state index contributed by atoms with van der Waals surface area (Å²) in [5.41, 5.74) is 4.73. The molecule has 1 saturated carbocycles. The Hall–Kier alpha value is -2.03. The minimum Gasteiger partial charge on any atom is -0.388 e. The van der Waals surface area contributed by atoms with Crippen molar-refractivity contribution >= 4 is 16.7 Å². The molecule has 0 spiro atoms. The lowest BCUT2D eigenvalue weighted by Crippen LogP contribution is -2.22. The summed E-state index contributed by atoms with van der Waals surface area (Å²) in [6.07, 6.45) is 7.84. The molecule has 3 heteroatoms. The van der Waals surface area contributed by atoms with Gasteiger partial charge in [0.05, 0.1) is 0 Å². The van der Waals surface area contributed by atoms with E-state index in [9.17, 15) is 4.79 Å². The van der Waals surface area contributed by atoms with Gasteiger partial charge in [0.1, 0.15) is 0 Å². The van der Waals surface area contributed by atoms with E-state index in [1.807, 2.05) is 0 Å². The van der Waals surface area contributed by atoms with Gasteiger partial charge in [-0.2, -0.15) is 0 Å². The summed E-state index contributed by atoms with van der Waals surface area (Å²) >= 11 is 0. The first kappa shape index (κ1) is 14.9. The summed E-state index contributed by atoms with van der Waals surface area (Å²) in [6, 6.07) is 8.39. The van der Waals surface area contributed by atoms with Crippen LogP contribution in [0.5, 0.6) is 0 Å². The Balaban J connectivity index is 1.66. The number of rotatable bonds is 5. The second kappa shape index (κ2) is 6.82. The van der Waals surface area contributed by atoms with Gasteiger partial charge in [-0.25, -0.2) is 0 Å². The molecule has 116 valence electrons. The lowest BCUT2D eigenvalue weighted by molar-refractivity contribution is -0.116. The Labute approximate surface area is 131 Å². The van der Waals surface area contributed by atoms with Gasteiger partial charge in [0.25, 0.3) is 0 Å². The van der Waals surface area contributed by atoms with Crippen LogP contribution in [0.3, 0.4) is 0 Å². The van der Waals surface area contributed by atoms with Crippen molar-refractivity contribution in [3.63, 3.8) is 0 Å². The number of aromatic nitrogens is 1. The average Bonchev–Trinajstić information content (AvgIpc) is 2.96. The predicted octanol–water partition coefficient (Wildman–Crippen LogP) is 4.11. The third-order valence-corrected chi connectivity index (χ3v) is 4.54. The van der Waals surface area contributed by atoms with E-state index in [4.69, 9.17) is 0 Å². The fourth-order valence-corrected chi connectivity index (χ4v) is 3.33. The van der Waals surface area contributed by atoms with Gasteiger partial charge >= 0.3 is 0 Å². The van der Waals surface area contributed by atoms with E-state index in [1.54, 1.807) is 0 Å². The lowest BCUT2D eigenvalue weighted by Gasteiger charge is -2.19. The highest BCUT2D eigenvalue weighted by molar-refractivity contribution is 5.96. The number of carbonyl (C=O) groups is 1. The van der Waals surface area contributed by atoms with Crippen LogP contribution in [0, 0.1) is 0 Å². The van der Waals surface area contributed by atoms with Crippen molar-refractivity contribution in [1.29, 1.82) is 0 Å². The maximum absolute atomic E-state index is 12.1. The van der Waals surface area contributed by atoms with Gasteiger partial charge in [0.2, 0.25) is 0 Å². The normalized spacial score (nSPS) is 17.8. The van der Waals surface area contributed by atoms with Crippen molar-refractivity contribution in [3.05, 3.63) is 47.3 Å². The number of Topliss-reactive ketones (excluding diaryl/α,β-unsaturated/α-hetero) is 1. The highest BCUT2D eigenvalue weighted by atomic mass is 16.1. The fraction of sp³-hybridized carbons (Fsp3) is 0.421. The molecule has 1 heterocycles. The summed E-state index contributed by atoms with van der Waals surface area (Å²) in [5, 5.41) is 4.81. The molecule has 1 aromatic heterocycles. The third-order valence-electron chi connectivity index (χ3n) is 4.54. The zero-order valence-corrected chi connectivity index (χ0v) is 13.2. The van der Waals surface area contributed by atoms with E-state index in [2.05, 4.69) is 47.7 Å². The van der Waals surface area contributed by atoms with E-state index < -0.39 is 0 Å². The molecule has 0 aliphatic heterocycles. The number of hydrogen-bond acceptors (Lipinski definition) is 2. The van der Waals surface area contributed by atoms with Crippen molar-refractivity contribution < 1.29 is 4.79 Å². The van der Waals surface area contributed by atoms with E-state index in [-0.39, 0.29) is 0 Å². The Morgan fingerprint density at radius 3 is 2.86 bits per heavy atom. The zero-order valence-electron chi connectivity index (χ0n) is 13.2. The van der Waals surface area contributed by atoms with E-state index in [1.165, 1.54) is 16.5 Å². The van der Waals surface area contributed by atoms with Crippen LogP contribution in [0.15, 0.2) is 41.7 Å². The van der Waals surface area contributed by atoms with Crippen LogP contribution in [0.1, 0.15) is 44.6 Å². The Bertz CT molecular complexity index is 696. The van der Waals surface area contributed by atoms with Crippen LogP contribution in [0.2, 0.25) is 0 Å². The first-order chi connectivity index (χ1) is 10.8. The number of benzene rings is 1. The molecule has 0 unspecified atom stereocenters. The molecule has 0 saturated heterocycles. The van der Waals surface area contributed by atoms with Crippen LogP contribution in [0.25, 0.3) is 10.9 Å². The number of allylic oxidation sites excluding steroid dienone is 2. The highest BCUT2D eigenvalue weighted by Gasteiger charge is 2.18. The number of fused-ring (bicyclic) bond motifs is 1. The molecule has 0 radical (unpaired) electrons. The number of aromatic amines is 1. The van der Waals surface area contributed by atoms with E-state index in [0.29, 0.717) is 5.78 Å². The number of ketones is 1. The molecule has 3 rings (SSSR count). The van der Waals surface area contributed by atoms with Gasteiger partial charge in [-0.3, -0.25) is 4.79 Å². The summed E-state index contributed by atoms with van der Waals surface area (Å²) in [4.78, 5) is 15.4. The van der Waals surface area contributed by atoms with E-state index in [0.717, 1.165) is 56.3 Å². The van der Waals surface area contributed by atoms with Gasteiger partial charge in [0, 0.05) is 41.3 Å². The quantitative estimate of drug-likeness (QED) is 0.816. The first-order valence-electron chi connectivity index (χ1n) is 8.33. The number of H-pyrrole nitrogens is 1. The highest BCUT2D eigenvalue weighted by Crippen LogP contribution is 2.23. The minimum atomic E-state index is 0.350. The summed E-state index contributed by atoms with van der Waals surface area (Å²) < 4.78 is 0. The molecule has 1 aliphatic rings. The first-order valence-corrected chi connectivity index (χ1v) is 8.33. The molecule has 0 amide bonds. The van der Waals surface area contributed by atoms with Crippen molar-refractivity contribution in [2.24, 2.45) is 0 Å². The molecule has 1 aliphatic carbocycles. The molecule has 2 aromatic rings. The standard InChI is InChI=1S/C19H24N2O/c1-2-17(16-8-4-6-10-19(16)22)20-12-11-14-13-21-18-9-5-3-7-15(14)18/h3,5,7,9,13,20-21H,2,4,6,8,10-12H2,1H3. The Kier molecular flexibility index (Phi) is 4.62. The molecular formula is C19H24N2O. The second-order valence-corrected chi connectivity index (χ2v) is 5.98. The maximum atomic E-state index is 12.1. The van der Waals surface area contributed by atoms with Crippen molar-refractivity contribution in [2.45, 2.75) is 45.4 Å². The van der Waals surface area contributed by atoms with Crippen LogP contribution < -0.4 is 5.32 Å².